The molecule has 0 saturated heterocycles. The first kappa shape index (κ1) is 13.0. The molecule has 1 N–H and O–H groups in total. The highest BCUT2D eigenvalue weighted by molar-refractivity contribution is 5.53. The fourth-order valence-electron chi connectivity index (χ4n) is 2.99. The summed E-state index contributed by atoms with van der Waals surface area (Å²) in [4.78, 5) is 2.33. The van der Waals surface area contributed by atoms with Gasteiger partial charge in [-0.15, -0.1) is 0 Å². The van der Waals surface area contributed by atoms with E-state index in [2.05, 4.69) is 59.7 Å². The van der Waals surface area contributed by atoms with Gasteiger partial charge in [0.2, 0.25) is 0 Å². The molecule has 0 amide bonds. The molecule has 0 aromatic heterocycles. The molecule has 1 aliphatic carbocycles. The maximum Gasteiger partial charge on any atom is 0.0426 e. The third-order valence-corrected chi connectivity index (χ3v) is 4.16. The first-order valence-corrected chi connectivity index (χ1v) is 7.36. The Kier molecular flexibility index (Phi) is 3.64. The molecule has 0 atom stereocenters. The number of hydrogen-bond acceptors (Lipinski definition) is 2. The van der Waals surface area contributed by atoms with Crippen molar-refractivity contribution in [3.05, 3.63) is 59.2 Å². The Bertz CT molecular complexity index is 604. The number of nitrogens with one attached hydrogen (secondary N) is 1. The van der Waals surface area contributed by atoms with Crippen molar-refractivity contribution in [3.8, 4) is 0 Å². The average Bonchev–Trinajstić information content (AvgIpc) is 2.94. The van der Waals surface area contributed by atoms with Gasteiger partial charge in [-0.1, -0.05) is 18.2 Å². The summed E-state index contributed by atoms with van der Waals surface area (Å²) < 4.78 is 0. The molecule has 0 aliphatic heterocycles. The van der Waals surface area contributed by atoms with Crippen LogP contribution in [0.1, 0.15) is 23.1 Å². The van der Waals surface area contributed by atoms with Gasteiger partial charge in [0, 0.05) is 32.0 Å². The van der Waals surface area contributed by atoms with Gasteiger partial charge in [-0.25, -0.2) is 0 Å². The van der Waals surface area contributed by atoms with Crippen molar-refractivity contribution in [2.75, 3.05) is 24.3 Å². The van der Waals surface area contributed by atoms with Gasteiger partial charge in [-0.3, -0.25) is 0 Å². The molecule has 2 nitrogen and oxygen atoms in total. The van der Waals surface area contributed by atoms with Crippen molar-refractivity contribution >= 4 is 11.4 Å². The third-order valence-electron chi connectivity index (χ3n) is 4.16. The van der Waals surface area contributed by atoms with E-state index >= 15 is 0 Å². The molecular formula is C18H22N2. The van der Waals surface area contributed by atoms with Crippen LogP contribution in [0.5, 0.6) is 0 Å². The van der Waals surface area contributed by atoms with Crippen molar-refractivity contribution in [2.24, 2.45) is 0 Å². The molecule has 2 heteroatoms. The molecule has 0 heterocycles. The number of rotatable bonds is 4. The molecule has 3 rings (SSSR count). The largest absolute Gasteiger partial charge is 0.388 e. The molecule has 104 valence electrons. The highest BCUT2D eigenvalue weighted by Crippen LogP contribution is 2.27. The molecule has 0 unspecified atom stereocenters. The minimum Gasteiger partial charge on any atom is -0.388 e. The summed E-state index contributed by atoms with van der Waals surface area (Å²) in [5.41, 5.74) is 6.91. The average molecular weight is 266 g/mol. The number of nitrogens with zero attached hydrogens (tertiary/aromatic N) is 1. The second kappa shape index (κ2) is 5.58. The van der Waals surface area contributed by atoms with E-state index in [9.17, 15) is 0 Å². The Hall–Kier alpha value is -1.96. The third kappa shape index (κ3) is 2.64. The Morgan fingerprint density at radius 1 is 1.05 bits per heavy atom. The van der Waals surface area contributed by atoms with Gasteiger partial charge in [0.15, 0.2) is 0 Å². The highest BCUT2D eigenvalue weighted by atomic mass is 15.1. The molecule has 0 bridgehead atoms. The lowest BCUT2D eigenvalue weighted by Gasteiger charge is -2.21. The maximum atomic E-state index is 3.20. The molecule has 0 spiro atoms. The Morgan fingerprint density at radius 3 is 2.75 bits per heavy atom. The second-order valence-corrected chi connectivity index (χ2v) is 5.61. The first-order chi connectivity index (χ1) is 9.76. The first-order valence-electron chi connectivity index (χ1n) is 7.36. The van der Waals surface area contributed by atoms with E-state index in [1.54, 1.807) is 11.1 Å². The van der Waals surface area contributed by atoms with E-state index in [0.29, 0.717) is 0 Å². The molecular weight excluding hydrogens is 244 g/mol. The zero-order valence-corrected chi connectivity index (χ0v) is 12.3. The second-order valence-electron chi connectivity index (χ2n) is 5.61. The van der Waals surface area contributed by atoms with Crippen LogP contribution in [0.2, 0.25) is 0 Å². The lowest BCUT2D eigenvalue weighted by Crippen LogP contribution is -2.16. The Balaban J connectivity index is 1.77. The maximum absolute atomic E-state index is 3.20. The molecule has 20 heavy (non-hydrogen) atoms. The van der Waals surface area contributed by atoms with Crippen LogP contribution < -0.4 is 10.2 Å². The van der Waals surface area contributed by atoms with E-state index in [1.807, 2.05) is 7.05 Å². The SMILES string of the molecule is CNc1cccc(CN(C)c2ccc3c(c2)CCC3)c1. The van der Waals surface area contributed by atoms with Crippen LogP contribution in [0, 0.1) is 0 Å². The van der Waals surface area contributed by atoms with Crippen LogP contribution >= 0.6 is 0 Å². The minimum absolute atomic E-state index is 0.939. The predicted octanol–water partition coefficient (Wildman–Crippen LogP) is 3.85. The number of benzene rings is 2. The number of hydrogen-bond donors (Lipinski definition) is 1. The molecule has 0 radical (unpaired) electrons. The molecule has 1 aliphatic rings. The van der Waals surface area contributed by atoms with Crippen LogP contribution in [-0.4, -0.2) is 14.1 Å². The number of fused-ring (bicyclic) bond motifs is 1. The van der Waals surface area contributed by atoms with E-state index in [0.717, 1.165) is 6.54 Å². The Morgan fingerprint density at radius 2 is 1.90 bits per heavy atom. The highest BCUT2D eigenvalue weighted by Gasteiger charge is 2.12. The van der Waals surface area contributed by atoms with Crippen LogP contribution in [0.3, 0.4) is 0 Å². The zero-order valence-electron chi connectivity index (χ0n) is 12.3. The van der Waals surface area contributed by atoms with Crippen molar-refractivity contribution in [2.45, 2.75) is 25.8 Å². The quantitative estimate of drug-likeness (QED) is 0.904. The summed E-state index contributed by atoms with van der Waals surface area (Å²) in [5, 5.41) is 3.20. The van der Waals surface area contributed by atoms with Gasteiger partial charge in [0.05, 0.1) is 0 Å². The summed E-state index contributed by atoms with van der Waals surface area (Å²) in [6, 6.07) is 15.5. The van der Waals surface area contributed by atoms with Crippen molar-refractivity contribution < 1.29 is 0 Å². The number of aryl methyl sites for hydroxylation is 2. The van der Waals surface area contributed by atoms with Crippen molar-refractivity contribution in [3.63, 3.8) is 0 Å². The topological polar surface area (TPSA) is 15.3 Å². The normalized spacial score (nSPS) is 13.1. The van der Waals surface area contributed by atoms with Gasteiger partial charge >= 0.3 is 0 Å². The molecule has 2 aromatic carbocycles. The fourth-order valence-corrected chi connectivity index (χ4v) is 2.99. The summed E-state index contributed by atoms with van der Waals surface area (Å²) in [6.45, 7) is 0.939. The van der Waals surface area contributed by atoms with E-state index in [4.69, 9.17) is 0 Å². The molecule has 0 fully saturated rings. The lowest BCUT2D eigenvalue weighted by atomic mass is 10.1. The minimum atomic E-state index is 0.939. The van der Waals surface area contributed by atoms with Gasteiger partial charge in [-0.2, -0.15) is 0 Å². The molecule has 0 saturated carbocycles. The van der Waals surface area contributed by atoms with E-state index in [1.165, 1.54) is 36.2 Å². The van der Waals surface area contributed by atoms with E-state index in [-0.39, 0.29) is 0 Å². The van der Waals surface area contributed by atoms with Gasteiger partial charge < -0.3 is 10.2 Å². The standard InChI is InChI=1S/C18H22N2/c1-19-17-8-3-5-14(11-17)13-20(2)18-10-9-15-6-4-7-16(15)12-18/h3,5,8-12,19H,4,6-7,13H2,1-2H3. The summed E-state index contributed by atoms with van der Waals surface area (Å²) >= 11 is 0. The predicted molar refractivity (Wildman–Crippen MR) is 86.6 cm³/mol. The molecule has 2 aromatic rings. The van der Waals surface area contributed by atoms with Gasteiger partial charge in [0.1, 0.15) is 0 Å². The summed E-state index contributed by atoms with van der Waals surface area (Å²) in [7, 11) is 4.13. The Labute approximate surface area is 121 Å². The zero-order chi connectivity index (χ0) is 13.9. The van der Waals surface area contributed by atoms with Crippen molar-refractivity contribution in [1.29, 1.82) is 0 Å². The van der Waals surface area contributed by atoms with Crippen LogP contribution in [-0.2, 0) is 19.4 Å². The summed E-state index contributed by atoms with van der Waals surface area (Å²) in [5.74, 6) is 0. The van der Waals surface area contributed by atoms with Crippen LogP contribution in [0.4, 0.5) is 11.4 Å². The van der Waals surface area contributed by atoms with E-state index < -0.39 is 0 Å². The van der Waals surface area contributed by atoms with Crippen molar-refractivity contribution in [1.82, 2.24) is 0 Å². The lowest BCUT2D eigenvalue weighted by molar-refractivity contribution is 0.908. The van der Waals surface area contributed by atoms with Gasteiger partial charge in [-0.05, 0) is 60.2 Å². The summed E-state index contributed by atoms with van der Waals surface area (Å²) in [6.07, 6.45) is 3.81. The van der Waals surface area contributed by atoms with Gasteiger partial charge in [0.25, 0.3) is 0 Å². The monoisotopic (exact) mass is 266 g/mol. The van der Waals surface area contributed by atoms with Crippen LogP contribution in [0.15, 0.2) is 42.5 Å². The van der Waals surface area contributed by atoms with Crippen LogP contribution in [0.25, 0.3) is 0 Å². The fraction of sp³-hybridized carbons (Fsp3) is 0.333. The number of anilines is 2. The smallest absolute Gasteiger partial charge is 0.0426 e.